The van der Waals surface area contributed by atoms with E-state index in [-0.39, 0.29) is 5.91 Å². The average molecular weight is 346 g/mol. The van der Waals surface area contributed by atoms with E-state index < -0.39 is 6.04 Å². The first-order valence-corrected chi connectivity index (χ1v) is 7.90. The molecule has 24 heavy (non-hydrogen) atoms. The molecule has 0 aliphatic heterocycles. The minimum atomic E-state index is -0.534. The first-order chi connectivity index (χ1) is 11.7. The first kappa shape index (κ1) is 16.2. The number of aromatic nitrogens is 4. The van der Waals surface area contributed by atoms with Crippen LogP contribution < -0.4 is 5.32 Å². The van der Waals surface area contributed by atoms with Gasteiger partial charge in [-0.3, -0.25) is 4.79 Å². The molecule has 1 aromatic carbocycles. The summed E-state index contributed by atoms with van der Waals surface area (Å²) in [6.07, 6.45) is 2.11. The number of furan rings is 1. The summed E-state index contributed by atoms with van der Waals surface area (Å²) in [4.78, 5) is 13.7. The smallest absolute Gasteiger partial charge is 0.247 e. The van der Waals surface area contributed by atoms with Gasteiger partial charge in [-0.25, -0.2) is 0 Å². The van der Waals surface area contributed by atoms with Gasteiger partial charge in [0.05, 0.1) is 12.8 Å². The Morgan fingerprint density at radius 1 is 1.33 bits per heavy atom. The normalized spacial score (nSPS) is 12.1. The average Bonchev–Trinajstić information content (AvgIpc) is 3.26. The molecule has 124 valence electrons. The molecule has 0 saturated heterocycles. The van der Waals surface area contributed by atoms with Crippen LogP contribution in [0.15, 0.2) is 47.1 Å². The monoisotopic (exact) mass is 345 g/mol. The second-order valence-corrected chi connectivity index (χ2v) is 5.60. The summed E-state index contributed by atoms with van der Waals surface area (Å²) in [7, 11) is 0. The highest BCUT2D eigenvalue weighted by molar-refractivity contribution is 6.30. The Kier molecular flexibility index (Phi) is 4.90. The Bertz CT molecular complexity index is 798. The fourth-order valence-electron chi connectivity index (χ4n) is 2.23. The molecule has 2 heterocycles. The van der Waals surface area contributed by atoms with Crippen LogP contribution in [0.5, 0.6) is 0 Å². The molecule has 1 amide bonds. The van der Waals surface area contributed by atoms with Crippen molar-refractivity contribution in [2.24, 2.45) is 0 Å². The van der Waals surface area contributed by atoms with Crippen molar-refractivity contribution in [1.82, 2.24) is 25.5 Å². The molecule has 0 fully saturated rings. The number of carbonyl (C=O) groups is 1. The number of halogens is 1. The molecule has 0 bridgehead atoms. The molecule has 8 heteroatoms. The summed E-state index contributed by atoms with van der Waals surface area (Å²) in [6, 6.07) is 10.2. The Morgan fingerprint density at radius 2 is 2.12 bits per heavy atom. The van der Waals surface area contributed by atoms with Crippen LogP contribution in [-0.4, -0.2) is 26.1 Å². The number of benzene rings is 1. The highest BCUT2D eigenvalue weighted by atomic mass is 35.5. The number of carbonyl (C=O) groups excluding carboxylic acids is 1. The summed E-state index contributed by atoms with van der Waals surface area (Å²) >= 11 is 5.87. The molecular formula is C16H16ClN5O2. The number of hydrogen-bond acceptors (Lipinski definition) is 5. The van der Waals surface area contributed by atoms with E-state index in [9.17, 15) is 4.79 Å². The Labute approximate surface area is 143 Å². The minimum Gasteiger partial charge on any atom is -0.467 e. The van der Waals surface area contributed by atoms with E-state index in [2.05, 4.69) is 20.7 Å². The Balaban J connectivity index is 1.71. The van der Waals surface area contributed by atoms with Crippen molar-refractivity contribution >= 4 is 17.5 Å². The maximum Gasteiger partial charge on any atom is 0.247 e. The molecule has 3 aromatic rings. The van der Waals surface area contributed by atoms with Gasteiger partial charge >= 0.3 is 0 Å². The quantitative estimate of drug-likeness (QED) is 0.742. The van der Waals surface area contributed by atoms with Crippen molar-refractivity contribution < 1.29 is 9.21 Å². The SMILES string of the molecule is CCC(C(=O)NCc1ccco1)n1nnc(-c2ccc(Cl)cc2)n1. The van der Waals surface area contributed by atoms with Gasteiger partial charge in [-0.15, -0.1) is 10.2 Å². The third-order valence-corrected chi connectivity index (χ3v) is 3.77. The Hall–Kier alpha value is -2.67. The number of tetrazole rings is 1. The van der Waals surface area contributed by atoms with Gasteiger partial charge in [-0.2, -0.15) is 4.80 Å². The summed E-state index contributed by atoms with van der Waals surface area (Å²) in [5.41, 5.74) is 0.788. The van der Waals surface area contributed by atoms with E-state index in [0.717, 1.165) is 5.56 Å². The molecule has 0 spiro atoms. The third-order valence-electron chi connectivity index (χ3n) is 3.52. The maximum absolute atomic E-state index is 12.4. The predicted octanol–water partition coefficient (Wildman–Crippen LogP) is 2.85. The molecule has 2 aromatic heterocycles. The largest absolute Gasteiger partial charge is 0.467 e. The number of nitrogens with zero attached hydrogens (tertiary/aromatic N) is 4. The lowest BCUT2D eigenvalue weighted by Gasteiger charge is -2.12. The maximum atomic E-state index is 12.4. The van der Waals surface area contributed by atoms with Crippen LogP contribution in [-0.2, 0) is 11.3 Å². The summed E-state index contributed by atoms with van der Waals surface area (Å²) in [5.74, 6) is 0.949. The van der Waals surface area contributed by atoms with Crippen LogP contribution in [0, 0.1) is 0 Å². The molecule has 1 atom stereocenters. The van der Waals surface area contributed by atoms with E-state index in [0.29, 0.717) is 29.6 Å². The molecule has 1 N–H and O–H groups in total. The number of rotatable bonds is 6. The predicted molar refractivity (Wildman–Crippen MR) is 88.1 cm³/mol. The second-order valence-electron chi connectivity index (χ2n) is 5.16. The van der Waals surface area contributed by atoms with Crippen LogP contribution in [0.1, 0.15) is 25.1 Å². The van der Waals surface area contributed by atoms with Gasteiger partial charge in [0.15, 0.2) is 6.04 Å². The van der Waals surface area contributed by atoms with Crippen molar-refractivity contribution in [3.8, 4) is 11.4 Å². The van der Waals surface area contributed by atoms with Crippen LogP contribution in [0.2, 0.25) is 5.02 Å². The van der Waals surface area contributed by atoms with E-state index in [1.807, 2.05) is 19.1 Å². The van der Waals surface area contributed by atoms with Gasteiger partial charge in [-0.05, 0) is 48.0 Å². The summed E-state index contributed by atoms with van der Waals surface area (Å²) in [5, 5.41) is 15.8. The van der Waals surface area contributed by atoms with Crippen LogP contribution in [0.25, 0.3) is 11.4 Å². The standard InChI is InChI=1S/C16H16ClN5O2/c1-2-14(16(23)18-10-13-4-3-9-24-13)22-20-15(19-21-22)11-5-7-12(17)8-6-11/h3-9,14H,2,10H2,1H3,(H,18,23). The first-order valence-electron chi connectivity index (χ1n) is 7.53. The molecule has 0 aliphatic rings. The molecular weight excluding hydrogens is 330 g/mol. The van der Waals surface area contributed by atoms with Crippen molar-refractivity contribution in [2.45, 2.75) is 25.9 Å². The van der Waals surface area contributed by atoms with Gasteiger partial charge in [-0.1, -0.05) is 18.5 Å². The summed E-state index contributed by atoms with van der Waals surface area (Å²) < 4.78 is 5.20. The van der Waals surface area contributed by atoms with Crippen LogP contribution in [0.4, 0.5) is 0 Å². The molecule has 7 nitrogen and oxygen atoms in total. The zero-order valence-electron chi connectivity index (χ0n) is 13.0. The van der Waals surface area contributed by atoms with Gasteiger partial charge in [0.2, 0.25) is 11.7 Å². The van der Waals surface area contributed by atoms with E-state index in [4.69, 9.17) is 16.0 Å². The molecule has 3 rings (SSSR count). The molecule has 1 unspecified atom stereocenters. The number of amides is 1. The second kappa shape index (κ2) is 7.27. The van der Waals surface area contributed by atoms with Crippen molar-refractivity contribution in [3.63, 3.8) is 0 Å². The zero-order chi connectivity index (χ0) is 16.9. The molecule has 0 aliphatic carbocycles. The third kappa shape index (κ3) is 3.62. The highest BCUT2D eigenvalue weighted by Gasteiger charge is 2.22. The fraction of sp³-hybridized carbons (Fsp3) is 0.250. The number of hydrogen-bond donors (Lipinski definition) is 1. The lowest BCUT2D eigenvalue weighted by Crippen LogP contribution is -2.33. The lowest BCUT2D eigenvalue weighted by atomic mass is 10.2. The van der Waals surface area contributed by atoms with E-state index in [1.54, 1.807) is 30.5 Å². The van der Waals surface area contributed by atoms with Crippen molar-refractivity contribution in [1.29, 1.82) is 0 Å². The van der Waals surface area contributed by atoms with Crippen molar-refractivity contribution in [2.75, 3.05) is 0 Å². The zero-order valence-corrected chi connectivity index (χ0v) is 13.8. The van der Waals surface area contributed by atoms with Crippen molar-refractivity contribution in [3.05, 3.63) is 53.4 Å². The highest BCUT2D eigenvalue weighted by Crippen LogP contribution is 2.18. The van der Waals surface area contributed by atoms with Crippen LogP contribution in [0.3, 0.4) is 0 Å². The lowest BCUT2D eigenvalue weighted by molar-refractivity contribution is -0.125. The minimum absolute atomic E-state index is 0.186. The fourth-order valence-corrected chi connectivity index (χ4v) is 2.36. The number of nitrogens with one attached hydrogen (secondary N) is 1. The molecule has 0 radical (unpaired) electrons. The molecule has 0 saturated carbocycles. The summed E-state index contributed by atoms with van der Waals surface area (Å²) in [6.45, 7) is 2.21. The van der Waals surface area contributed by atoms with Gasteiger partial charge in [0.25, 0.3) is 0 Å². The topological polar surface area (TPSA) is 85.8 Å². The van der Waals surface area contributed by atoms with Crippen LogP contribution >= 0.6 is 11.6 Å². The van der Waals surface area contributed by atoms with Gasteiger partial charge < -0.3 is 9.73 Å². The van der Waals surface area contributed by atoms with E-state index >= 15 is 0 Å². The van der Waals surface area contributed by atoms with Gasteiger partial charge in [0, 0.05) is 10.6 Å². The van der Waals surface area contributed by atoms with Gasteiger partial charge in [0.1, 0.15) is 5.76 Å². The Morgan fingerprint density at radius 3 is 2.79 bits per heavy atom. The van der Waals surface area contributed by atoms with E-state index in [1.165, 1.54) is 4.80 Å².